The molecular formula is C17H21BrN4O4S. The lowest BCUT2D eigenvalue weighted by atomic mass is 10.2. The third-order valence-corrected chi connectivity index (χ3v) is 4.55. The molecule has 0 spiro atoms. The molecular weight excluding hydrogens is 436 g/mol. The number of halogens is 1. The van der Waals surface area contributed by atoms with Crippen LogP contribution in [0, 0.1) is 6.92 Å². The molecule has 2 aromatic carbocycles. The number of rotatable bonds is 6. The van der Waals surface area contributed by atoms with E-state index in [0.717, 1.165) is 5.56 Å². The Morgan fingerprint density at radius 3 is 2.37 bits per heavy atom. The fourth-order valence-corrected chi connectivity index (χ4v) is 3.40. The van der Waals surface area contributed by atoms with Crippen molar-refractivity contribution in [3.05, 3.63) is 52.5 Å². The minimum atomic E-state index is -3.87. The van der Waals surface area contributed by atoms with E-state index in [1.807, 2.05) is 19.9 Å². The fourth-order valence-electron chi connectivity index (χ4n) is 1.89. The van der Waals surface area contributed by atoms with E-state index < -0.39 is 10.1 Å². The van der Waals surface area contributed by atoms with Gasteiger partial charge in [0.2, 0.25) is 5.96 Å². The first-order valence-electron chi connectivity index (χ1n) is 7.67. The molecule has 0 atom stereocenters. The van der Waals surface area contributed by atoms with Crippen LogP contribution in [0.25, 0.3) is 0 Å². The number of ether oxygens (including phenoxy) is 1. The molecule has 0 aromatic heterocycles. The molecule has 0 radical (unpaired) electrons. The van der Waals surface area contributed by atoms with Gasteiger partial charge in [0.05, 0.1) is 6.61 Å². The molecule has 2 aromatic rings. The maximum atomic E-state index is 12.3. The van der Waals surface area contributed by atoms with Crippen molar-refractivity contribution in [3.8, 4) is 11.5 Å². The van der Waals surface area contributed by atoms with Crippen molar-refractivity contribution in [2.45, 2.75) is 18.7 Å². The van der Waals surface area contributed by atoms with E-state index in [-0.39, 0.29) is 16.6 Å². The first-order chi connectivity index (χ1) is 12.7. The zero-order chi connectivity index (χ0) is 20.4. The standard InChI is InChI=1S/C15H15BrO4S.C2H6N4/c1-3-19-13-7-11(2)8-14(10-13)20-21(17,18)15-6-4-5-12(16)9-15;1-5-6-2(3)4/h4-10H,3H2,1-2H3;1H2,(H4,3,4,6). The van der Waals surface area contributed by atoms with Crippen molar-refractivity contribution in [3.63, 3.8) is 0 Å². The van der Waals surface area contributed by atoms with Crippen LogP contribution >= 0.6 is 15.9 Å². The average molecular weight is 457 g/mol. The Kier molecular flexibility index (Phi) is 8.76. The number of hydrogen-bond acceptors (Lipinski definition) is 6. The highest BCUT2D eigenvalue weighted by Crippen LogP contribution is 2.26. The number of nitrogens with two attached hydrogens (primary N) is 2. The molecule has 0 fully saturated rings. The van der Waals surface area contributed by atoms with Crippen LogP contribution in [0.15, 0.2) is 62.0 Å². The van der Waals surface area contributed by atoms with Crippen LogP contribution in [0.4, 0.5) is 0 Å². The lowest BCUT2D eigenvalue weighted by Crippen LogP contribution is -2.21. The van der Waals surface area contributed by atoms with Gasteiger partial charge in [-0.1, -0.05) is 22.0 Å². The molecule has 0 aliphatic heterocycles. The zero-order valence-electron chi connectivity index (χ0n) is 14.9. The van der Waals surface area contributed by atoms with Gasteiger partial charge in [-0.25, -0.2) is 0 Å². The largest absolute Gasteiger partial charge is 0.494 e. The van der Waals surface area contributed by atoms with Crippen LogP contribution in [0.3, 0.4) is 0 Å². The highest BCUT2D eigenvalue weighted by atomic mass is 79.9. The number of aryl methyl sites for hydroxylation is 1. The van der Waals surface area contributed by atoms with Crippen LogP contribution in [-0.2, 0) is 10.1 Å². The first-order valence-corrected chi connectivity index (χ1v) is 9.87. The molecule has 10 heteroatoms. The van der Waals surface area contributed by atoms with E-state index in [0.29, 0.717) is 16.8 Å². The van der Waals surface area contributed by atoms with Gasteiger partial charge >= 0.3 is 10.1 Å². The van der Waals surface area contributed by atoms with Gasteiger partial charge in [-0.3, -0.25) is 0 Å². The van der Waals surface area contributed by atoms with E-state index in [9.17, 15) is 8.42 Å². The molecule has 8 nitrogen and oxygen atoms in total. The Labute approximate surface area is 167 Å². The number of guanidine groups is 1. The maximum Gasteiger partial charge on any atom is 0.339 e. The van der Waals surface area contributed by atoms with Gasteiger partial charge in [0.25, 0.3) is 0 Å². The van der Waals surface area contributed by atoms with E-state index in [4.69, 9.17) is 20.4 Å². The molecule has 0 bridgehead atoms. The molecule has 0 aliphatic rings. The smallest absolute Gasteiger partial charge is 0.339 e. The second-order valence-corrected chi connectivity index (χ2v) is 7.54. The van der Waals surface area contributed by atoms with Crippen LogP contribution in [0.2, 0.25) is 0 Å². The molecule has 27 heavy (non-hydrogen) atoms. The van der Waals surface area contributed by atoms with E-state index in [2.05, 4.69) is 32.9 Å². The summed E-state index contributed by atoms with van der Waals surface area (Å²) in [6, 6.07) is 11.4. The van der Waals surface area contributed by atoms with Crippen molar-refractivity contribution in [2.75, 3.05) is 6.61 Å². The molecule has 2 rings (SSSR count). The van der Waals surface area contributed by atoms with Gasteiger partial charge in [-0.15, -0.1) is 5.10 Å². The minimum absolute atomic E-state index is 0.0648. The minimum Gasteiger partial charge on any atom is -0.494 e. The van der Waals surface area contributed by atoms with Gasteiger partial charge in [0.15, 0.2) is 0 Å². The molecule has 0 aliphatic carbocycles. The van der Waals surface area contributed by atoms with Crippen molar-refractivity contribution >= 4 is 38.7 Å². The lowest BCUT2D eigenvalue weighted by molar-refractivity contribution is 0.338. The number of nitrogens with zero attached hydrogens (tertiary/aromatic N) is 2. The average Bonchev–Trinajstić information content (AvgIpc) is 2.54. The first kappa shape index (κ1) is 22.5. The quantitative estimate of drug-likeness (QED) is 0.297. The summed E-state index contributed by atoms with van der Waals surface area (Å²) in [6.07, 6.45) is 0. The normalized spacial score (nSPS) is 10.2. The maximum absolute atomic E-state index is 12.3. The van der Waals surface area contributed by atoms with Crippen LogP contribution < -0.4 is 20.4 Å². The Bertz CT molecular complexity index is 913. The molecule has 0 amide bonds. The molecule has 0 saturated carbocycles. The Morgan fingerprint density at radius 1 is 1.19 bits per heavy atom. The predicted octanol–water partition coefficient (Wildman–Crippen LogP) is 2.80. The molecule has 0 saturated heterocycles. The molecule has 0 heterocycles. The summed E-state index contributed by atoms with van der Waals surface area (Å²) in [6.45, 7) is 7.22. The summed E-state index contributed by atoms with van der Waals surface area (Å²) in [7, 11) is -3.87. The van der Waals surface area contributed by atoms with Gasteiger partial charge in [0.1, 0.15) is 16.4 Å². The number of hydrogen-bond donors (Lipinski definition) is 2. The topological polar surface area (TPSA) is 129 Å². The van der Waals surface area contributed by atoms with Gasteiger partial charge in [-0.05, 0) is 49.7 Å². The summed E-state index contributed by atoms with van der Waals surface area (Å²) in [4.78, 5) is 0.0938. The lowest BCUT2D eigenvalue weighted by Gasteiger charge is -2.10. The van der Waals surface area contributed by atoms with Gasteiger partial charge < -0.3 is 20.4 Å². The van der Waals surface area contributed by atoms with Gasteiger partial charge in [0, 0.05) is 17.3 Å². The third kappa shape index (κ3) is 8.09. The van der Waals surface area contributed by atoms with E-state index >= 15 is 0 Å². The SMILES string of the molecule is C=NN=C(N)N.CCOc1cc(C)cc(OS(=O)(=O)c2cccc(Br)c2)c1. The second kappa shape index (κ2) is 10.5. The monoisotopic (exact) mass is 456 g/mol. The Balaban J connectivity index is 0.000000527. The Morgan fingerprint density at radius 2 is 1.85 bits per heavy atom. The molecule has 0 unspecified atom stereocenters. The van der Waals surface area contributed by atoms with Gasteiger partial charge in [-0.2, -0.15) is 13.5 Å². The summed E-state index contributed by atoms with van der Waals surface area (Å²) in [5.41, 5.74) is 10.5. The zero-order valence-corrected chi connectivity index (χ0v) is 17.3. The Hall–Kier alpha value is -2.59. The molecule has 4 N–H and O–H groups in total. The van der Waals surface area contributed by atoms with Crippen LogP contribution in [0.5, 0.6) is 11.5 Å². The third-order valence-electron chi connectivity index (χ3n) is 2.81. The van der Waals surface area contributed by atoms with Crippen molar-refractivity contribution < 1.29 is 17.3 Å². The van der Waals surface area contributed by atoms with Crippen LogP contribution in [-0.4, -0.2) is 27.7 Å². The van der Waals surface area contributed by atoms with Crippen molar-refractivity contribution in [1.82, 2.24) is 0 Å². The summed E-state index contributed by atoms with van der Waals surface area (Å²) in [5, 5.41) is 6.13. The fraction of sp³-hybridized carbons (Fsp3) is 0.176. The highest BCUT2D eigenvalue weighted by Gasteiger charge is 2.17. The van der Waals surface area contributed by atoms with Crippen molar-refractivity contribution in [2.24, 2.45) is 21.7 Å². The van der Waals surface area contributed by atoms with Crippen molar-refractivity contribution in [1.29, 1.82) is 0 Å². The molecule has 146 valence electrons. The summed E-state index contributed by atoms with van der Waals surface area (Å²) in [5.74, 6) is 0.750. The van der Waals surface area contributed by atoms with Crippen LogP contribution in [0.1, 0.15) is 12.5 Å². The van der Waals surface area contributed by atoms with E-state index in [1.54, 1.807) is 24.3 Å². The predicted molar refractivity (Wildman–Crippen MR) is 110 cm³/mol. The number of benzene rings is 2. The highest BCUT2D eigenvalue weighted by molar-refractivity contribution is 9.10. The van der Waals surface area contributed by atoms with E-state index in [1.165, 1.54) is 12.1 Å². The summed E-state index contributed by atoms with van der Waals surface area (Å²) >= 11 is 3.24. The summed E-state index contributed by atoms with van der Waals surface area (Å²) < 4.78 is 35.7. The second-order valence-electron chi connectivity index (χ2n) is 5.08.